The normalized spacial score (nSPS) is 14.1. The van der Waals surface area contributed by atoms with E-state index in [2.05, 4.69) is 9.44 Å². The van der Waals surface area contributed by atoms with Gasteiger partial charge in [0, 0.05) is 18.8 Å². The van der Waals surface area contributed by atoms with Crippen LogP contribution >= 0.6 is 0 Å². The molecule has 0 unspecified atom stereocenters. The summed E-state index contributed by atoms with van der Waals surface area (Å²) in [7, 11) is -6.59. The largest absolute Gasteiger partial charge is 0.496 e. The maximum atomic E-state index is 13.1. The smallest absolute Gasteiger partial charge is 0.261 e. The van der Waals surface area contributed by atoms with Crippen LogP contribution in [0.3, 0.4) is 0 Å². The third-order valence-corrected chi connectivity index (χ3v) is 8.89. The van der Waals surface area contributed by atoms with Crippen LogP contribution in [0.4, 0.5) is 11.4 Å². The highest BCUT2D eigenvalue weighted by Crippen LogP contribution is 2.27. The van der Waals surface area contributed by atoms with Gasteiger partial charge in [-0.2, -0.15) is 0 Å². The van der Waals surface area contributed by atoms with Crippen LogP contribution in [0.15, 0.2) is 70.5 Å². The van der Waals surface area contributed by atoms with Crippen LogP contribution in [0.5, 0.6) is 5.75 Å². The van der Waals surface area contributed by atoms with E-state index in [4.69, 9.17) is 9.47 Å². The molecule has 1 amide bonds. The summed E-state index contributed by atoms with van der Waals surface area (Å²) in [5, 5.41) is 0. The van der Waals surface area contributed by atoms with E-state index in [1.807, 2.05) is 32.0 Å². The Morgan fingerprint density at radius 1 is 0.842 bits per heavy atom. The number of para-hydroxylation sites is 1. The molecule has 202 valence electrons. The summed E-state index contributed by atoms with van der Waals surface area (Å²) in [5.41, 5.74) is 2.34. The second-order valence-corrected chi connectivity index (χ2v) is 12.1. The second kappa shape index (κ2) is 11.0. The molecule has 1 fully saturated rings. The third kappa shape index (κ3) is 5.93. The molecule has 2 N–H and O–H groups in total. The number of ether oxygens (including phenoxy) is 2. The first-order chi connectivity index (χ1) is 18.0. The average Bonchev–Trinajstić information content (AvgIpc) is 2.90. The SMILES string of the molecule is COc1ccc(S(=O)(=O)Nc2ccc(S(=O)(=O)Nc3c(C)cccc3C)cc2)cc1C(=O)N1CCOCC1. The number of methoxy groups -OCH3 is 1. The van der Waals surface area contributed by atoms with Crippen molar-refractivity contribution in [2.45, 2.75) is 23.6 Å². The van der Waals surface area contributed by atoms with Gasteiger partial charge in [0.15, 0.2) is 0 Å². The van der Waals surface area contributed by atoms with Gasteiger partial charge in [-0.15, -0.1) is 0 Å². The Balaban J connectivity index is 1.55. The fourth-order valence-corrected chi connectivity index (χ4v) is 6.33. The lowest BCUT2D eigenvalue weighted by atomic mass is 10.1. The first-order valence-corrected chi connectivity index (χ1v) is 14.8. The summed E-state index contributed by atoms with van der Waals surface area (Å²) in [6.45, 7) is 5.21. The quantitative estimate of drug-likeness (QED) is 0.433. The van der Waals surface area contributed by atoms with E-state index in [1.54, 1.807) is 4.90 Å². The third-order valence-electron chi connectivity index (χ3n) is 6.14. The molecule has 12 heteroatoms. The Bertz CT molecular complexity index is 1530. The molecule has 3 aromatic rings. The molecule has 0 saturated carbocycles. The number of morpholine rings is 1. The molecule has 38 heavy (non-hydrogen) atoms. The van der Waals surface area contributed by atoms with Crippen LogP contribution < -0.4 is 14.2 Å². The number of amides is 1. The summed E-state index contributed by atoms with van der Waals surface area (Å²) in [6, 6.07) is 14.8. The van der Waals surface area contributed by atoms with E-state index >= 15 is 0 Å². The second-order valence-electron chi connectivity index (χ2n) is 8.77. The lowest BCUT2D eigenvalue weighted by Crippen LogP contribution is -2.40. The molecule has 3 aromatic carbocycles. The van der Waals surface area contributed by atoms with Crippen LogP contribution in [-0.4, -0.2) is 61.1 Å². The number of sulfonamides is 2. The average molecular weight is 560 g/mol. The van der Waals surface area contributed by atoms with Gasteiger partial charge in [-0.3, -0.25) is 14.2 Å². The van der Waals surface area contributed by atoms with Gasteiger partial charge in [-0.25, -0.2) is 16.8 Å². The topological polar surface area (TPSA) is 131 Å². The summed E-state index contributed by atoms with van der Waals surface area (Å²) in [5.74, 6) is -0.0976. The highest BCUT2D eigenvalue weighted by Gasteiger charge is 2.25. The van der Waals surface area contributed by atoms with E-state index in [-0.39, 0.29) is 32.7 Å². The number of benzene rings is 3. The minimum Gasteiger partial charge on any atom is -0.496 e. The monoisotopic (exact) mass is 559 g/mol. The minimum atomic E-state index is -4.10. The van der Waals surface area contributed by atoms with Crippen molar-refractivity contribution in [1.29, 1.82) is 0 Å². The van der Waals surface area contributed by atoms with Crippen molar-refractivity contribution < 1.29 is 31.1 Å². The molecule has 4 rings (SSSR count). The number of nitrogens with zero attached hydrogens (tertiary/aromatic N) is 1. The van der Waals surface area contributed by atoms with Gasteiger partial charge in [0.1, 0.15) is 5.75 Å². The highest BCUT2D eigenvalue weighted by molar-refractivity contribution is 7.93. The molecule has 0 aliphatic carbocycles. The molecule has 0 bridgehead atoms. The summed E-state index contributed by atoms with van der Waals surface area (Å²) in [6.07, 6.45) is 0. The zero-order valence-corrected chi connectivity index (χ0v) is 22.9. The zero-order valence-electron chi connectivity index (χ0n) is 21.2. The zero-order chi connectivity index (χ0) is 27.5. The van der Waals surface area contributed by atoms with Crippen LogP contribution in [0.2, 0.25) is 0 Å². The number of aryl methyl sites for hydroxylation is 2. The lowest BCUT2D eigenvalue weighted by molar-refractivity contribution is 0.0300. The fraction of sp³-hybridized carbons (Fsp3) is 0.269. The molecule has 1 heterocycles. The van der Waals surface area contributed by atoms with Crippen molar-refractivity contribution in [2.75, 3.05) is 42.9 Å². The van der Waals surface area contributed by atoms with Crippen molar-refractivity contribution in [2.24, 2.45) is 0 Å². The molecular formula is C26H29N3O7S2. The van der Waals surface area contributed by atoms with Gasteiger partial charge < -0.3 is 14.4 Å². The molecule has 1 saturated heterocycles. The van der Waals surface area contributed by atoms with Gasteiger partial charge in [-0.1, -0.05) is 18.2 Å². The molecule has 0 radical (unpaired) electrons. The van der Waals surface area contributed by atoms with Crippen molar-refractivity contribution in [3.05, 3.63) is 77.4 Å². The molecule has 10 nitrogen and oxygen atoms in total. The lowest BCUT2D eigenvalue weighted by Gasteiger charge is -2.27. The molecule has 0 atom stereocenters. The maximum Gasteiger partial charge on any atom is 0.261 e. The summed E-state index contributed by atoms with van der Waals surface area (Å²) >= 11 is 0. The van der Waals surface area contributed by atoms with Gasteiger partial charge >= 0.3 is 0 Å². The molecule has 0 spiro atoms. The van der Waals surface area contributed by atoms with E-state index in [0.717, 1.165) is 11.1 Å². The van der Waals surface area contributed by atoms with E-state index < -0.39 is 20.0 Å². The standard InChI is InChI=1S/C26H29N3O7S2/c1-18-5-4-6-19(2)25(18)28-37(31,32)21-9-7-20(8-10-21)27-38(33,34)22-11-12-24(35-3)23(17-22)26(30)29-13-15-36-16-14-29/h4-12,17,27-28H,13-16H2,1-3H3. The summed E-state index contributed by atoms with van der Waals surface area (Å²) < 4.78 is 67.7. The molecular weight excluding hydrogens is 530 g/mol. The molecule has 0 aromatic heterocycles. The van der Waals surface area contributed by atoms with E-state index in [9.17, 15) is 21.6 Å². The van der Waals surface area contributed by atoms with Crippen molar-refractivity contribution in [3.63, 3.8) is 0 Å². The van der Waals surface area contributed by atoms with E-state index in [0.29, 0.717) is 32.0 Å². The van der Waals surface area contributed by atoms with E-state index in [1.165, 1.54) is 49.6 Å². The van der Waals surface area contributed by atoms with Crippen molar-refractivity contribution in [3.8, 4) is 5.75 Å². The number of anilines is 2. The van der Waals surface area contributed by atoms with Crippen LogP contribution in [-0.2, 0) is 24.8 Å². The number of rotatable bonds is 8. The van der Waals surface area contributed by atoms with Crippen molar-refractivity contribution in [1.82, 2.24) is 4.90 Å². The Morgan fingerprint density at radius 2 is 1.42 bits per heavy atom. The first kappa shape index (κ1) is 27.4. The fourth-order valence-electron chi connectivity index (χ4n) is 4.04. The predicted octanol–water partition coefficient (Wildman–Crippen LogP) is 3.39. The molecule has 1 aliphatic heterocycles. The number of nitrogens with one attached hydrogen (secondary N) is 2. The highest BCUT2D eigenvalue weighted by atomic mass is 32.2. The number of carbonyl (C=O) groups is 1. The van der Waals surface area contributed by atoms with Gasteiger partial charge in [0.05, 0.1) is 41.4 Å². The molecule has 1 aliphatic rings. The maximum absolute atomic E-state index is 13.1. The van der Waals surface area contributed by atoms with Gasteiger partial charge in [0.2, 0.25) is 0 Å². The minimum absolute atomic E-state index is 0.0223. The van der Waals surface area contributed by atoms with Gasteiger partial charge in [-0.05, 0) is 67.4 Å². The van der Waals surface area contributed by atoms with Crippen molar-refractivity contribution >= 4 is 37.3 Å². The van der Waals surface area contributed by atoms with Crippen LogP contribution in [0.1, 0.15) is 21.5 Å². The van der Waals surface area contributed by atoms with Crippen LogP contribution in [0, 0.1) is 13.8 Å². The number of hydrogen-bond donors (Lipinski definition) is 2. The predicted molar refractivity (Wildman–Crippen MR) is 144 cm³/mol. The Morgan fingerprint density at radius 3 is 2.03 bits per heavy atom. The Hall–Kier alpha value is -3.61. The Labute approximate surface area is 222 Å². The summed E-state index contributed by atoms with van der Waals surface area (Å²) in [4.78, 5) is 14.5. The van der Waals surface area contributed by atoms with Gasteiger partial charge in [0.25, 0.3) is 26.0 Å². The first-order valence-electron chi connectivity index (χ1n) is 11.8. The van der Waals surface area contributed by atoms with Crippen LogP contribution in [0.25, 0.3) is 0 Å². The number of carbonyl (C=O) groups excluding carboxylic acids is 1. The number of hydrogen-bond acceptors (Lipinski definition) is 7. The Kier molecular flexibility index (Phi) is 7.95.